The van der Waals surface area contributed by atoms with E-state index in [0.29, 0.717) is 6.42 Å². The molecule has 2 N–H and O–H groups in total. The van der Waals surface area contributed by atoms with E-state index >= 15 is 0 Å². The van der Waals surface area contributed by atoms with Crippen molar-refractivity contribution in [2.75, 3.05) is 21.1 Å². The molecule has 0 aromatic carbocycles. The Kier molecular flexibility index (Phi) is 16.8. The third-order valence-electron chi connectivity index (χ3n) is 2.62. The summed E-state index contributed by atoms with van der Waals surface area (Å²) < 4.78 is 0. The van der Waals surface area contributed by atoms with Crippen LogP contribution >= 0.6 is 0 Å². The van der Waals surface area contributed by atoms with Crippen molar-refractivity contribution >= 4 is 5.97 Å². The summed E-state index contributed by atoms with van der Waals surface area (Å²) >= 11 is 0. The average molecular weight is 275 g/mol. The molecule has 0 aromatic heterocycles. The summed E-state index contributed by atoms with van der Waals surface area (Å²) in [5.74, 6) is -1.10. The predicted molar refractivity (Wildman–Crippen MR) is 80.5 cm³/mol. The molecule has 1 atom stereocenters. The van der Waals surface area contributed by atoms with Crippen LogP contribution in [0, 0.1) is 0 Å². The van der Waals surface area contributed by atoms with Crippen molar-refractivity contribution in [3.63, 3.8) is 0 Å². The number of nitrogens with zero attached hydrogens (tertiary/aromatic N) is 1. The minimum absolute atomic E-state index is 0.393. The minimum atomic E-state index is -1.16. The lowest BCUT2D eigenvalue weighted by Gasteiger charge is -2.04. The Bertz CT molecular complexity index is 193. The van der Waals surface area contributed by atoms with Crippen molar-refractivity contribution in [3.8, 4) is 0 Å². The van der Waals surface area contributed by atoms with Crippen LogP contribution in [0.1, 0.15) is 64.7 Å². The Hall–Kier alpha value is -0.610. The van der Waals surface area contributed by atoms with Crippen molar-refractivity contribution in [1.29, 1.82) is 0 Å². The van der Waals surface area contributed by atoms with Crippen LogP contribution in [-0.2, 0) is 4.79 Å². The lowest BCUT2D eigenvalue weighted by atomic mass is 10.1. The van der Waals surface area contributed by atoms with Crippen LogP contribution in [0.5, 0.6) is 0 Å². The summed E-state index contributed by atoms with van der Waals surface area (Å²) in [6.07, 6.45) is 8.68. The molecule has 19 heavy (non-hydrogen) atoms. The number of carbonyl (C=O) groups is 1. The summed E-state index contributed by atoms with van der Waals surface area (Å²) in [5.41, 5.74) is 0. The first-order valence-electron chi connectivity index (χ1n) is 7.43. The monoisotopic (exact) mass is 275 g/mol. The summed E-state index contributed by atoms with van der Waals surface area (Å²) in [7, 11) is 6.00. The maximum atomic E-state index is 10.3. The van der Waals surface area contributed by atoms with Gasteiger partial charge in [0, 0.05) is 0 Å². The number of hydrogen-bond acceptors (Lipinski definition) is 3. The summed E-state index contributed by atoms with van der Waals surface area (Å²) in [4.78, 5) is 12.3. The average Bonchev–Trinajstić information content (AvgIpc) is 2.31. The van der Waals surface area contributed by atoms with Crippen LogP contribution in [0.3, 0.4) is 0 Å². The van der Waals surface area contributed by atoms with Gasteiger partial charge in [0.1, 0.15) is 0 Å². The summed E-state index contributed by atoms with van der Waals surface area (Å²) in [5, 5.41) is 17.4. The smallest absolute Gasteiger partial charge is 0.332 e. The molecule has 0 spiro atoms. The normalized spacial score (nSPS) is 11.9. The molecular formula is C15H33NO3. The molecule has 0 fully saturated rings. The van der Waals surface area contributed by atoms with E-state index in [1.807, 2.05) is 26.0 Å². The van der Waals surface area contributed by atoms with Gasteiger partial charge in [0.2, 0.25) is 0 Å². The predicted octanol–water partition coefficient (Wildman–Crippen LogP) is 3.14. The number of carboxylic acids is 1. The van der Waals surface area contributed by atoms with E-state index < -0.39 is 12.1 Å². The van der Waals surface area contributed by atoms with Gasteiger partial charge >= 0.3 is 5.97 Å². The molecule has 4 nitrogen and oxygen atoms in total. The van der Waals surface area contributed by atoms with Gasteiger partial charge < -0.3 is 15.1 Å². The van der Waals surface area contributed by atoms with Crippen LogP contribution < -0.4 is 0 Å². The van der Waals surface area contributed by atoms with Crippen LogP contribution in [0.15, 0.2) is 0 Å². The fraction of sp³-hybridized carbons (Fsp3) is 0.933. The largest absolute Gasteiger partial charge is 0.479 e. The van der Waals surface area contributed by atoms with Gasteiger partial charge in [-0.25, -0.2) is 4.79 Å². The maximum Gasteiger partial charge on any atom is 0.332 e. The van der Waals surface area contributed by atoms with Crippen molar-refractivity contribution in [3.05, 3.63) is 0 Å². The van der Waals surface area contributed by atoms with Gasteiger partial charge in [0.05, 0.1) is 0 Å². The zero-order valence-corrected chi connectivity index (χ0v) is 13.2. The molecule has 0 bridgehead atoms. The molecule has 4 heteroatoms. The van der Waals surface area contributed by atoms with Crippen molar-refractivity contribution in [2.24, 2.45) is 0 Å². The summed E-state index contributed by atoms with van der Waals surface area (Å²) in [6.45, 7) is 2.20. The number of aliphatic hydroxyl groups excluding tert-OH is 1. The molecular weight excluding hydrogens is 242 g/mol. The number of hydrogen-bond donors (Lipinski definition) is 2. The zero-order valence-electron chi connectivity index (χ0n) is 13.2. The third-order valence-corrected chi connectivity index (χ3v) is 2.62. The van der Waals surface area contributed by atoms with E-state index in [-0.39, 0.29) is 0 Å². The Morgan fingerprint density at radius 1 is 0.947 bits per heavy atom. The fourth-order valence-corrected chi connectivity index (χ4v) is 1.60. The van der Waals surface area contributed by atoms with Gasteiger partial charge in [-0.2, -0.15) is 0 Å². The number of aliphatic hydroxyl groups is 1. The van der Waals surface area contributed by atoms with Gasteiger partial charge in [-0.3, -0.25) is 0 Å². The van der Waals surface area contributed by atoms with Crippen molar-refractivity contribution in [2.45, 2.75) is 70.8 Å². The second-order valence-corrected chi connectivity index (χ2v) is 5.46. The number of rotatable bonds is 10. The number of aliphatic carboxylic acids is 1. The molecule has 0 aliphatic carbocycles. The Morgan fingerprint density at radius 2 is 1.32 bits per heavy atom. The maximum absolute atomic E-state index is 10.3. The molecule has 1 unspecified atom stereocenters. The second-order valence-electron chi connectivity index (χ2n) is 5.46. The van der Waals surface area contributed by atoms with Crippen LogP contribution in [0.2, 0.25) is 0 Å². The topological polar surface area (TPSA) is 60.8 Å². The van der Waals surface area contributed by atoms with Crippen molar-refractivity contribution < 1.29 is 15.0 Å². The number of unbranched alkanes of at least 4 members (excludes halogenated alkanes) is 7. The zero-order chi connectivity index (χ0) is 15.1. The lowest BCUT2D eigenvalue weighted by Crippen LogP contribution is -2.18. The van der Waals surface area contributed by atoms with E-state index in [1.54, 1.807) is 0 Å². The third kappa shape index (κ3) is 23.0. The highest BCUT2D eigenvalue weighted by Crippen LogP contribution is 2.10. The van der Waals surface area contributed by atoms with E-state index in [9.17, 15) is 4.79 Å². The SMILES string of the molecule is CCCCCCCCCCC(O)C(=O)O.CN(C)C. The van der Waals surface area contributed by atoms with E-state index in [2.05, 4.69) is 6.92 Å². The highest BCUT2D eigenvalue weighted by molar-refractivity contribution is 5.71. The van der Waals surface area contributed by atoms with Gasteiger partial charge in [0.15, 0.2) is 6.10 Å². The molecule has 0 aliphatic rings. The molecule has 0 aliphatic heterocycles. The Labute approximate surface area is 118 Å². The first kappa shape index (κ1) is 20.7. The minimum Gasteiger partial charge on any atom is -0.479 e. The molecule has 116 valence electrons. The summed E-state index contributed by atoms with van der Waals surface area (Å²) in [6, 6.07) is 0. The van der Waals surface area contributed by atoms with E-state index in [4.69, 9.17) is 10.2 Å². The molecule has 0 saturated carbocycles. The molecule has 0 radical (unpaired) electrons. The fourth-order valence-electron chi connectivity index (χ4n) is 1.60. The van der Waals surface area contributed by atoms with Crippen LogP contribution in [-0.4, -0.2) is 48.3 Å². The second kappa shape index (κ2) is 15.4. The highest BCUT2D eigenvalue weighted by atomic mass is 16.4. The van der Waals surface area contributed by atoms with Crippen LogP contribution in [0.4, 0.5) is 0 Å². The van der Waals surface area contributed by atoms with Gasteiger partial charge in [-0.1, -0.05) is 58.3 Å². The quantitative estimate of drug-likeness (QED) is 0.601. The van der Waals surface area contributed by atoms with Gasteiger partial charge in [-0.05, 0) is 27.6 Å². The number of carboxylic acid groups (broad SMARTS) is 1. The molecule has 0 rings (SSSR count). The van der Waals surface area contributed by atoms with Crippen LogP contribution in [0.25, 0.3) is 0 Å². The molecule has 0 aromatic rings. The Balaban J connectivity index is 0. The first-order chi connectivity index (χ1) is 8.91. The van der Waals surface area contributed by atoms with Crippen molar-refractivity contribution in [1.82, 2.24) is 4.90 Å². The molecule has 0 amide bonds. The first-order valence-corrected chi connectivity index (χ1v) is 7.43. The standard InChI is InChI=1S/C12H24O3.C3H9N/c1-2-3-4-5-6-7-8-9-10-11(13)12(14)15;1-4(2)3/h11,13H,2-10H2,1H3,(H,14,15);1-3H3. The van der Waals surface area contributed by atoms with Gasteiger partial charge in [-0.15, -0.1) is 0 Å². The highest BCUT2D eigenvalue weighted by Gasteiger charge is 2.11. The van der Waals surface area contributed by atoms with Gasteiger partial charge in [0.25, 0.3) is 0 Å². The van der Waals surface area contributed by atoms with E-state index in [0.717, 1.165) is 19.3 Å². The van der Waals surface area contributed by atoms with E-state index in [1.165, 1.54) is 32.1 Å². The Morgan fingerprint density at radius 3 is 1.68 bits per heavy atom. The molecule has 0 heterocycles. The molecule has 0 saturated heterocycles. The lowest BCUT2D eigenvalue weighted by molar-refractivity contribution is -0.146.